The van der Waals surface area contributed by atoms with Crippen molar-refractivity contribution >= 4 is 27.0 Å². The van der Waals surface area contributed by atoms with Gasteiger partial charge in [0.15, 0.2) is 0 Å². The van der Waals surface area contributed by atoms with Gasteiger partial charge in [0.1, 0.15) is 4.90 Å². The van der Waals surface area contributed by atoms with Gasteiger partial charge in [-0.1, -0.05) is 6.92 Å². The van der Waals surface area contributed by atoms with Gasteiger partial charge < -0.3 is 5.32 Å². The Hall–Kier alpha value is -1.38. The molecular formula is C13H20N4O2S2. The largest absolute Gasteiger partial charge is 0.312 e. The third-order valence-electron chi connectivity index (χ3n) is 2.90. The van der Waals surface area contributed by atoms with E-state index >= 15 is 0 Å². The Balaban J connectivity index is 2.16. The Bertz CT molecular complexity index is 704. The highest BCUT2D eigenvalue weighted by atomic mass is 32.2. The number of thiophene rings is 1. The number of sulfonamides is 1. The van der Waals surface area contributed by atoms with Crippen LogP contribution < -0.4 is 10.0 Å². The molecule has 2 heterocycles. The summed E-state index contributed by atoms with van der Waals surface area (Å²) in [5.74, 6) is 0. The number of nitrogens with zero attached hydrogens (tertiary/aromatic N) is 2. The molecular weight excluding hydrogens is 308 g/mol. The lowest BCUT2D eigenvalue weighted by molar-refractivity contribution is 0.601. The summed E-state index contributed by atoms with van der Waals surface area (Å²) >= 11 is 1.50. The van der Waals surface area contributed by atoms with Gasteiger partial charge in [-0.15, -0.1) is 11.3 Å². The number of rotatable bonds is 7. The van der Waals surface area contributed by atoms with Crippen LogP contribution in [0.3, 0.4) is 0 Å². The van der Waals surface area contributed by atoms with Crippen molar-refractivity contribution in [3.8, 4) is 0 Å². The van der Waals surface area contributed by atoms with Gasteiger partial charge in [0.2, 0.25) is 0 Å². The first-order valence-electron chi connectivity index (χ1n) is 6.74. The molecule has 0 atom stereocenters. The molecule has 0 spiro atoms. The van der Waals surface area contributed by atoms with Gasteiger partial charge in [0, 0.05) is 29.5 Å². The van der Waals surface area contributed by atoms with Crippen molar-refractivity contribution < 1.29 is 8.42 Å². The quantitative estimate of drug-likeness (QED) is 0.763. The molecule has 0 saturated carbocycles. The van der Waals surface area contributed by atoms with E-state index in [1.54, 1.807) is 24.0 Å². The van der Waals surface area contributed by atoms with Crippen molar-refractivity contribution in [1.82, 2.24) is 15.1 Å². The molecule has 0 amide bonds. The predicted octanol–water partition coefficient (Wildman–Crippen LogP) is 2.09. The van der Waals surface area contributed by atoms with E-state index in [1.165, 1.54) is 17.5 Å². The number of nitrogens with one attached hydrogen (secondary N) is 2. The van der Waals surface area contributed by atoms with E-state index in [9.17, 15) is 8.42 Å². The second-order valence-electron chi connectivity index (χ2n) is 4.82. The molecule has 0 aliphatic carbocycles. The molecule has 2 aromatic heterocycles. The number of aromatic nitrogens is 2. The maximum absolute atomic E-state index is 12.4. The third kappa shape index (κ3) is 4.05. The Morgan fingerprint density at radius 1 is 1.43 bits per heavy atom. The summed E-state index contributed by atoms with van der Waals surface area (Å²) in [7, 11) is -1.82. The Kier molecular flexibility index (Phi) is 5.02. The van der Waals surface area contributed by atoms with Crippen molar-refractivity contribution in [1.29, 1.82) is 0 Å². The van der Waals surface area contributed by atoms with Gasteiger partial charge in [-0.25, -0.2) is 8.42 Å². The highest BCUT2D eigenvalue weighted by molar-refractivity contribution is 7.93. The van der Waals surface area contributed by atoms with Gasteiger partial charge in [-0.2, -0.15) is 5.10 Å². The molecule has 21 heavy (non-hydrogen) atoms. The first-order valence-corrected chi connectivity index (χ1v) is 9.04. The number of anilines is 1. The first kappa shape index (κ1) is 16.0. The molecule has 0 radical (unpaired) electrons. The van der Waals surface area contributed by atoms with Crippen LogP contribution in [0.4, 0.5) is 5.69 Å². The van der Waals surface area contributed by atoms with E-state index in [4.69, 9.17) is 0 Å². The molecule has 0 unspecified atom stereocenters. The maximum atomic E-state index is 12.4. The zero-order valence-corrected chi connectivity index (χ0v) is 14.0. The summed E-state index contributed by atoms with van der Waals surface area (Å²) in [5, 5.41) is 7.23. The lowest BCUT2D eigenvalue weighted by Crippen LogP contribution is -2.14. The van der Waals surface area contributed by atoms with Crippen LogP contribution in [0, 0.1) is 6.92 Å². The summed E-state index contributed by atoms with van der Waals surface area (Å²) in [4.78, 5) is 2.15. The van der Waals surface area contributed by atoms with Gasteiger partial charge in [0.05, 0.1) is 11.9 Å². The second-order valence-corrected chi connectivity index (χ2v) is 7.81. The van der Waals surface area contributed by atoms with E-state index in [0.29, 0.717) is 17.1 Å². The molecule has 8 heteroatoms. The van der Waals surface area contributed by atoms with Crippen LogP contribution in [-0.2, 0) is 23.6 Å². The van der Waals surface area contributed by atoms with Crippen molar-refractivity contribution in [3.05, 3.63) is 28.2 Å². The zero-order valence-electron chi connectivity index (χ0n) is 12.4. The van der Waals surface area contributed by atoms with Gasteiger partial charge in [-0.3, -0.25) is 9.40 Å². The molecule has 0 aromatic carbocycles. The van der Waals surface area contributed by atoms with Crippen LogP contribution in [0.15, 0.2) is 23.4 Å². The summed E-state index contributed by atoms with van der Waals surface area (Å²) in [6.07, 6.45) is 4.17. The van der Waals surface area contributed by atoms with Crippen LogP contribution in [0.5, 0.6) is 0 Å². The number of hydrogen-bond acceptors (Lipinski definition) is 5. The normalized spacial score (nSPS) is 11.8. The molecule has 0 fully saturated rings. The molecule has 0 aliphatic heterocycles. The van der Waals surface area contributed by atoms with E-state index in [-0.39, 0.29) is 0 Å². The van der Waals surface area contributed by atoms with Crippen LogP contribution in [0.25, 0.3) is 0 Å². The van der Waals surface area contributed by atoms with E-state index in [1.807, 2.05) is 6.92 Å². The summed E-state index contributed by atoms with van der Waals surface area (Å²) in [6.45, 7) is 5.54. The van der Waals surface area contributed by atoms with Crippen molar-refractivity contribution in [2.45, 2.75) is 31.7 Å². The Morgan fingerprint density at radius 2 is 2.19 bits per heavy atom. The van der Waals surface area contributed by atoms with Crippen LogP contribution in [-0.4, -0.2) is 24.7 Å². The molecule has 0 saturated heterocycles. The molecule has 0 aliphatic rings. The Morgan fingerprint density at radius 3 is 2.81 bits per heavy atom. The summed E-state index contributed by atoms with van der Waals surface area (Å²) in [5.41, 5.74) is 0.466. The molecule has 6 nitrogen and oxygen atoms in total. The lowest BCUT2D eigenvalue weighted by atomic mass is 10.4. The molecule has 0 bridgehead atoms. The van der Waals surface area contributed by atoms with Gasteiger partial charge >= 0.3 is 0 Å². The average molecular weight is 328 g/mol. The standard InChI is InChI=1S/C13H20N4O2S2/c1-4-5-14-8-12-6-13(10(2)20-12)21(18,19)16-11-7-15-17(3)9-11/h6-7,9,14,16H,4-5,8H2,1-3H3. The summed E-state index contributed by atoms with van der Waals surface area (Å²) in [6, 6.07) is 1.74. The van der Waals surface area contributed by atoms with Gasteiger partial charge in [0.25, 0.3) is 10.0 Å². The predicted molar refractivity (Wildman–Crippen MR) is 85.1 cm³/mol. The van der Waals surface area contributed by atoms with E-state index < -0.39 is 10.0 Å². The smallest absolute Gasteiger partial charge is 0.263 e. The molecule has 2 rings (SSSR count). The lowest BCUT2D eigenvalue weighted by Gasteiger charge is -2.04. The number of aryl methyl sites for hydroxylation is 2. The Labute approximate surface area is 129 Å². The fraction of sp³-hybridized carbons (Fsp3) is 0.462. The highest BCUT2D eigenvalue weighted by Crippen LogP contribution is 2.27. The monoisotopic (exact) mass is 328 g/mol. The molecule has 2 aromatic rings. The second kappa shape index (κ2) is 6.59. The minimum atomic E-state index is -3.56. The van der Waals surface area contributed by atoms with E-state index in [0.717, 1.165) is 22.7 Å². The van der Waals surface area contributed by atoms with Crippen LogP contribution >= 0.6 is 11.3 Å². The summed E-state index contributed by atoms with van der Waals surface area (Å²) < 4.78 is 28.9. The fourth-order valence-electron chi connectivity index (χ4n) is 1.95. The highest BCUT2D eigenvalue weighted by Gasteiger charge is 2.20. The molecule has 116 valence electrons. The van der Waals surface area contributed by atoms with Gasteiger partial charge in [-0.05, 0) is 26.0 Å². The zero-order chi connectivity index (χ0) is 15.5. The average Bonchev–Trinajstić information content (AvgIpc) is 2.96. The maximum Gasteiger partial charge on any atom is 0.263 e. The fourth-order valence-corrected chi connectivity index (χ4v) is 4.58. The van der Waals surface area contributed by atoms with Crippen molar-refractivity contribution in [2.24, 2.45) is 7.05 Å². The number of hydrogen-bond donors (Lipinski definition) is 2. The SMILES string of the molecule is CCCNCc1cc(S(=O)(=O)Nc2cnn(C)c2)c(C)s1. The minimum Gasteiger partial charge on any atom is -0.312 e. The minimum absolute atomic E-state index is 0.338. The van der Waals surface area contributed by atoms with Crippen LogP contribution in [0.1, 0.15) is 23.1 Å². The van der Waals surface area contributed by atoms with Crippen molar-refractivity contribution in [3.63, 3.8) is 0 Å². The molecule has 2 N–H and O–H groups in total. The van der Waals surface area contributed by atoms with E-state index in [2.05, 4.69) is 22.1 Å². The topological polar surface area (TPSA) is 76.0 Å². The first-order chi connectivity index (χ1) is 9.92. The van der Waals surface area contributed by atoms with Crippen LogP contribution in [0.2, 0.25) is 0 Å². The van der Waals surface area contributed by atoms with Crippen molar-refractivity contribution in [2.75, 3.05) is 11.3 Å². The third-order valence-corrected chi connectivity index (χ3v) is 5.58.